The number of aliphatic carboxylic acids is 1. The SMILES string of the molecule is CC(=O)Nc1ccc(F)c(C(=O)N2CCC(O)(C(=O)O)CC2)c1. The Hall–Kier alpha value is -2.48. The van der Waals surface area contributed by atoms with Crippen LogP contribution in [0.5, 0.6) is 0 Å². The van der Waals surface area contributed by atoms with Crippen LogP contribution in [0.25, 0.3) is 0 Å². The molecule has 0 radical (unpaired) electrons. The molecule has 2 rings (SSSR count). The number of likely N-dealkylation sites (tertiary alicyclic amines) is 1. The molecule has 0 unspecified atom stereocenters. The second kappa shape index (κ2) is 6.33. The number of amides is 2. The number of carbonyl (C=O) groups excluding carboxylic acids is 2. The number of hydrogen-bond donors (Lipinski definition) is 3. The fourth-order valence-electron chi connectivity index (χ4n) is 2.43. The van der Waals surface area contributed by atoms with Crippen LogP contribution in [0.4, 0.5) is 10.1 Å². The number of halogens is 1. The number of nitrogens with one attached hydrogen (secondary N) is 1. The lowest BCUT2D eigenvalue weighted by Gasteiger charge is -2.35. The van der Waals surface area contributed by atoms with Gasteiger partial charge in [0.1, 0.15) is 5.82 Å². The fraction of sp³-hybridized carbons (Fsp3) is 0.400. The van der Waals surface area contributed by atoms with Gasteiger partial charge in [0.15, 0.2) is 5.60 Å². The van der Waals surface area contributed by atoms with Crippen LogP contribution in [-0.4, -0.2) is 51.6 Å². The molecule has 1 saturated heterocycles. The second-order valence-corrected chi connectivity index (χ2v) is 5.50. The number of aliphatic hydroxyl groups is 1. The van der Waals surface area contributed by atoms with Gasteiger partial charge in [0.2, 0.25) is 5.91 Å². The van der Waals surface area contributed by atoms with Gasteiger partial charge in [-0.15, -0.1) is 0 Å². The summed E-state index contributed by atoms with van der Waals surface area (Å²) in [6.45, 7) is 1.30. The van der Waals surface area contributed by atoms with E-state index in [1.807, 2.05) is 0 Å². The van der Waals surface area contributed by atoms with E-state index >= 15 is 0 Å². The molecule has 7 nitrogen and oxygen atoms in total. The number of rotatable bonds is 3. The maximum atomic E-state index is 13.9. The van der Waals surface area contributed by atoms with Gasteiger partial charge in [-0.3, -0.25) is 9.59 Å². The normalized spacial score (nSPS) is 16.7. The first-order valence-corrected chi connectivity index (χ1v) is 7.05. The molecule has 8 heteroatoms. The van der Waals surface area contributed by atoms with Crippen LogP contribution in [0.1, 0.15) is 30.1 Å². The van der Waals surface area contributed by atoms with Crippen molar-refractivity contribution in [1.82, 2.24) is 4.90 Å². The Bertz CT molecular complexity index is 653. The first-order valence-electron chi connectivity index (χ1n) is 7.05. The minimum Gasteiger partial charge on any atom is -0.479 e. The maximum Gasteiger partial charge on any atom is 0.335 e. The summed E-state index contributed by atoms with van der Waals surface area (Å²) in [5.41, 5.74) is -1.77. The van der Waals surface area contributed by atoms with E-state index in [-0.39, 0.29) is 37.4 Å². The van der Waals surface area contributed by atoms with Crippen molar-refractivity contribution in [3.05, 3.63) is 29.6 Å². The van der Waals surface area contributed by atoms with Gasteiger partial charge in [0.05, 0.1) is 5.56 Å². The highest BCUT2D eigenvalue weighted by molar-refractivity contribution is 5.97. The zero-order valence-electron chi connectivity index (χ0n) is 12.5. The molecule has 1 aliphatic rings. The van der Waals surface area contributed by atoms with Crippen LogP contribution in [0.3, 0.4) is 0 Å². The molecule has 0 bridgehead atoms. The average molecular weight is 324 g/mol. The first-order chi connectivity index (χ1) is 10.7. The summed E-state index contributed by atoms with van der Waals surface area (Å²) in [4.78, 5) is 35.7. The van der Waals surface area contributed by atoms with Gasteiger partial charge >= 0.3 is 5.97 Å². The molecule has 0 spiro atoms. The Kier molecular flexibility index (Phi) is 4.65. The van der Waals surface area contributed by atoms with Crippen molar-refractivity contribution in [3.63, 3.8) is 0 Å². The summed E-state index contributed by atoms with van der Waals surface area (Å²) in [6, 6.07) is 3.65. The predicted octanol–water partition coefficient (Wildman–Crippen LogP) is 0.836. The molecule has 1 heterocycles. The van der Waals surface area contributed by atoms with Crippen molar-refractivity contribution in [3.8, 4) is 0 Å². The van der Waals surface area contributed by atoms with Crippen LogP contribution in [0, 0.1) is 5.82 Å². The van der Waals surface area contributed by atoms with E-state index in [1.165, 1.54) is 24.0 Å². The average Bonchev–Trinajstić information content (AvgIpc) is 2.48. The highest BCUT2D eigenvalue weighted by Gasteiger charge is 2.40. The Morgan fingerprint density at radius 3 is 2.39 bits per heavy atom. The number of carbonyl (C=O) groups is 3. The van der Waals surface area contributed by atoms with E-state index in [4.69, 9.17) is 5.11 Å². The minimum atomic E-state index is -1.85. The van der Waals surface area contributed by atoms with Crippen molar-refractivity contribution in [2.45, 2.75) is 25.4 Å². The molecular weight excluding hydrogens is 307 g/mol. The highest BCUT2D eigenvalue weighted by atomic mass is 19.1. The Balaban J connectivity index is 2.15. The lowest BCUT2D eigenvalue weighted by Crippen LogP contribution is -2.50. The number of nitrogens with zero attached hydrogens (tertiary/aromatic N) is 1. The molecule has 0 atom stereocenters. The monoisotopic (exact) mass is 324 g/mol. The van der Waals surface area contributed by atoms with Crippen LogP contribution in [0.15, 0.2) is 18.2 Å². The number of benzene rings is 1. The molecule has 1 aromatic rings. The van der Waals surface area contributed by atoms with Crippen molar-refractivity contribution in [1.29, 1.82) is 0 Å². The molecule has 1 aliphatic heterocycles. The molecule has 0 aromatic heterocycles. The zero-order chi connectivity index (χ0) is 17.2. The third-order valence-electron chi connectivity index (χ3n) is 3.79. The number of carboxylic acids is 1. The van der Waals surface area contributed by atoms with Gasteiger partial charge in [-0.2, -0.15) is 0 Å². The van der Waals surface area contributed by atoms with Gasteiger partial charge < -0.3 is 20.4 Å². The summed E-state index contributed by atoms with van der Waals surface area (Å²) in [5, 5.41) is 21.3. The third-order valence-corrected chi connectivity index (χ3v) is 3.79. The number of carboxylic acid groups (broad SMARTS) is 1. The molecule has 124 valence electrons. The van der Waals surface area contributed by atoms with Crippen LogP contribution >= 0.6 is 0 Å². The zero-order valence-corrected chi connectivity index (χ0v) is 12.5. The topological polar surface area (TPSA) is 107 Å². The van der Waals surface area contributed by atoms with E-state index in [0.717, 1.165) is 6.07 Å². The quantitative estimate of drug-likeness (QED) is 0.763. The molecule has 0 aliphatic carbocycles. The smallest absolute Gasteiger partial charge is 0.335 e. The second-order valence-electron chi connectivity index (χ2n) is 5.50. The third kappa shape index (κ3) is 3.65. The lowest BCUT2D eigenvalue weighted by atomic mass is 9.91. The molecular formula is C15H17FN2O5. The highest BCUT2D eigenvalue weighted by Crippen LogP contribution is 2.25. The number of piperidine rings is 1. The van der Waals surface area contributed by atoms with E-state index < -0.39 is 23.3 Å². The summed E-state index contributed by atoms with van der Waals surface area (Å²) in [6.07, 6.45) is -0.248. The van der Waals surface area contributed by atoms with Crippen molar-refractivity contribution in [2.75, 3.05) is 18.4 Å². The summed E-state index contributed by atoms with van der Waals surface area (Å²) < 4.78 is 13.9. The summed E-state index contributed by atoms with van der Waals surface area (Å²) in [7, 11) is 0. The van der Waals surface area contributed by atoms with Gasteiger partial charge in [-0.25, -0.2) is 9.18 Å². The maximum absolute atomic E-state index is 13.9. The number of hydrogen-bond acceptors (Lipinski definition) is 4. The molecule has 2 amide bonds. The largest absolute Gasteiger partial charge is 0.479 e. The van der Waals surface area contributed by atoms with E-state index in [0.29, 0.717) is 5.69 Å². The molecule has 3 N–H and O–H groups in total. The summed E-state index contributed by atoms with van der Waals surface area (Å²) in [5.74, 6) is -3.02. The molecule has 1 aromatic carbocycles. The van der Waals surface area contributed by atoms with Gasteiger partial charge in [0.25, 0.3) is 5.91 Å². The van der Waals surface area contributed by atoms with Crippen molar-refractivity contribution < 1.29 is 29.0 Å². The standard InChI is InChI=1S/C15H17FN2O5/c1-9(19)17-10-2-3-12(16)11(8-10)13(20)18-6-4-15(23,5-7-18)14(21)22/h2-3,8,23H,4-7H2,1H3,(H,17,19)(H,21,22). The van der Waals surface area contributed by atoms with Crippen LogP contribution in [-0.2, 0) is 9.59 Å². The lowest BCUT2D eigenvalue weighted by molar-refractivity contribution is -0.162. The van der Waals surface area contributed by atoms with Crippen molar-refractivity contribution in [2.24, 2.45) is 0 Å². The van der Waals surface area contributed by atoms with Crippen LogP contribution in [0.2, 0.25) is 0 Å². The first kappa shape index (κ1) is 16.9. The Labute approximate surface area is 131 Å². The molecule has 1 fully saturated rings. The predicted molar refractivity (Wildman–Crippen MR) is 78.4 cm³/mol. The van der Waals surface area contributed by atoms with E-state index in [2.05, 4.69) is 5.32 Å². The van der Waals surface area contributed by atoms with E-state index in [9.17, 15) is 23.9 Å². The minimum absolute atomic E-state index is 0.00539. The fourth-order valence-corrected chi connectivity index (χ4v) is 2.43. The number of anilines is 1. The molecule has 0 saturated carbocycles. The molecule has 23 heavy (non-hydrogen) atoms. The Morgan fingerprint density at radius 1 is 1.26 bits per heavy atom. The van der Waals surface area contributed by atoms with Gasteiger partial charge in [-0.05, 0) is 18.2 Å². The Morgan fingerprint density at radius 2 is 1.87 bits per heavy atom. The van der Waals surface area contributed by atoms with Crippen LogP contribution < -0.4 is 5.32 Å². The van der Waals surface area contributed by atoms with Gasteiger partial charge in [-0.1, -0.05) is 0 Å². The summed E-state index contributed by atoms with van der Waals surface area (Å²) >= 11 is 0. The van der Waals surface area contributed by atoms with Gasteiger partial charge in [0, 0.05) is 38.5 Å². The van der Waals surface area contributed by atoms with E-state index in [1.54, 1.807) is 0 Å². The van der Waals surface area contributed by atoms with Crippen molar-refractivity contribution >= 4 is 23.5 Å².